The summed E-state index contributed by atoms with van der Waals surface area (Å²) in [5.74, 6) is 0.601. The largest absolute Gasteiger partial charge is 0.507 e. The molecule has 140 valence electrons. The number of anilines is 1. The smallest absolute Gasteiger partial charge is 0.173 e. The van der Waals surface area contributed by atoms with Crippen LogP contribution < -0.4 is 15.2 Å². The Morgan fingerprint density at radius 2 is 1.69 bits per heavy atom. The summed E-state index contributed by atoms with van der Waals surface area (Å²) in [7, 11) is 2.96. The number of carbonyl (C=O) groups excluding carboxylic acids is 1. The Morgan fingerprint density at radius 3 is 2.15 bits per heavy atom. The van der Waals surface area contributed by atoms with E-state index in [1.807, 2.05) is 39.8 Å². The number of nitrogen functional groups attached to an aromatic ring is 1. The number of ketones is 1. The van der Waals surface area contributed by atoms with Gasteiger partial charge in [-0.1, -0.05) is 26.8 Å². The first-order valence-electron chi connectivity index (χ1n) is 8.42. The molecule has 0 fully saturated rings. The monoisotopic (exact) mass is 357 g/mol. The van der Waals surface area contributed by atoms with Crippen molar-refractivity contribution in [1.82, 2.24) is 0 Å². The van der Waals surface area contributed by atoms with Crippen molar-refractivity contribution in [2.45, 2.75) is 40.0 Å². The molecule has 2 aromatic rings. The van der Waals surface area contributed by atoms with E-state index in [4.69, 9.17) is 15.2 Å². The van der Waals surface area contributed by atoms with E-state index < -0.39 is 0 Å². The van der Waals surface area contributed by atoms with Crippen molar-refractivity contribution >= 4 is 11.5 Å². The lowest BCUT2D eigenvalue weighted by Crippen LogP contribution is -2.12. The van der Waals surface area contributed by atoms with Crippen LogP contribution in [0.3, 0.4) is 0 Å². The van der Waals surface area contributed by atoms with Crippen molar-refractivity contribution in [3.63, 3.8) is 0 Å². The Hall–Kier alpha value is -2.69. The van der Waals surface area contributed by atoms with E-state index in [9.17, 15) is 9.90 Å². The number of nitrogens with two attached hydrogens (primary N) is 1. The minimum Gasteiger partial charge on any atom is -0.507 e. The van der Waals surface area contributed by atoms with Crippen LogP contribution in [0.4, 0.5) is 5.69 Å². The highest BCUT2D eigenvalue weighted by molar-refractivity contribution is 6.06. The molecule has 5 heteroatoms. The van der Waals surface area contributed by atoms with Crippen LogP contribution in [0.5, 0.6) is 17.2 Å². The molecule has 0 unspecified atom stereocenters. The van der Waals surface area contributed by atoms with E-state index in [2.05, 4.69) is 0 Å². The molecule has 0 aliphatic rings. The quantitative estimate of drug-likeness (QED) is 0.623. The average molecular weight is 357 g/mol. The van der Waals surface area contributed by atoms with Crippen molar-refractivity contribution in [2.75, 3.05) is 20.0 Å². The number of rotatable bonds is 4. The fourth-order valence-electron chi connectivity index (χ4n) is 3.14. The summed E-state index contributed by atoms with van der Waals surface area (Å²) >= 11 is 0. The van der Waals surface area contributed by atoms with Crippen molar-refractivity contribution in [3.8, 4) is 28.4 Å². The second kappa shape index (κ2) is 6.90. The van der Waals surface area contributed by atoms with Gasteiger partial charge in [0.15, 0.2) is 17.3 Å². The van der Waals surface area contributed by atoms with Gasteiger partial charge >= 0.3 is 0 Å². The molecule has 0 amide bonds. The van der Waals surface area contributed by atoms with Crippen LogP contribution in [0, 0.1) is 6.92 Å². The highest BCUT2D eigenvalue weighted by atomic mass is 16.5. The average Bonchev–Trinajstić information content (AvgIpc) is 2.54. The summed E-state index contributed by atoms with van der Waals surface area (Å²) in [6, 6.07) is 5.51. The highest BCUT2D eigenvalue weighted by Gasteiger charge is 2.26. The number of phenolic OH excluding ortho intramolecular Hbond substituents is 1. The molecule has 0 aliphatic heterocycles. The van der Waals surface area contributed by atoms with Crippen LogP contribution in [0.15, 0.2) is 18.2 Å². The zero-order valence-corrected chi connectivity index (χ0v) is 16.5. The minimum atomic E-state index is -0.250. The maximum absolute atomic E-state index is 12.2. The van der Waals surface area contributed by atoms with E-state index in [0.29, 0.717) is 22.6 Å². The normalized spacial score (nSPS) is 11.3. The van der Waals surface area contributed by atoms with Crippen LogP contribution in [0.25, 0.3) is 11.1 Å². The fourth-order valence-corrected chi connectivity index (χ4v) is 3.14. The molecule has 0 spiro atoms. The van der Waals surface area contributed by atoms with Crippen LogP contribution in [-0.4, -0.2) is 25.1 Å². The van der Waals surface area contributed by atoms with Gasteiger partial charge in [0.25, 0.3) is 0 Å². The van der Waals surface area contributed by atoms with Gasteiger partial charge in [-0.15, -0.1) is 0 Å². The van der Waals surface area contributed by atoms with Gasteiger partial charge in [-0.3, -0.25) is 4.79 Å². The molecule has 0 aromatic heterocycles. The Balaban J connectivity index is 2.92. The predicted octanol–water partition coefficient (Wildman–Crippen LogP) is 4.47. The number of phenols is 1. The van der Waals surface area contributed by atoms with E-state index in [1.54, 1.807) is 6.07 Å². The second-order valence-electron chi connectivity index (χ2n) is 7.46. The molecule has 26 heavy (non-hydrogen) atoms. The van der Waals surface area contributed by atoms with Gasteiger partial charge in [0.2, 0.25) is 0 Å². The molecule has 3 N–H and O–H groups in total. The first-order chi connectivity index (χ1) is 12.0. The molecule has 0 atom stereocenters. The lowest BCUT2D eigenvalue weighted by Gasteiger charge is -2.24. The second-order valence-corrected chi connectivity index (χ2v) is 7.46. The molecule has 0 heterocycles. The Bertz CT molecular complexity index is 864. The lowest BCUT2D eigenvalue weighted by molar-refractivity contribution is 0.101. The zero-order valence-electron chi connectivity index (χ0n) is 16.5. The third kappa shape index (κ3) is 3.34. The summed E-state index contributed by atoms with van der Waals surface area (Å²) in [4.78, 5) is 12.2. The summed E-state index contributed by atoms with van der Waals surface area (Å²) in [5.41, 5.74) is 9.49. The molecular weight excluding hydrogens is 330 g/mol. The number of hydrogen-bond donors (Lipinski definition) is 2. The van der Waals surface area contributed by atoms with Gasteiger partial charge in [-0.05, 0) is 37.0 Å². The minimum absolute atomic E-state index is 0.150. The van der Waals surface area contributed by atoms with Crippen LogP contribution in [-0.2, 0) is 5.41 Å². The third-order valence-electron chi connectivity index (χ3n) is 4.41. The van der Waals surface area contributed by atoms with E-state index in [-0.39, 0.29) is 28.2 Å². The molecular formula is C21H27NO4. The van der Waals surface area contributed by atoms with Crippen molar-refractivity contribution in [3.05, 3.63) is 34.9 Å². The first kappa shape index (κ1) is 19.6. The van der Waals surface area contributed by atoms with Crippen LogP contribution in [0.1, 0.15) is 49.2 Å². The summed E-state index contributed by atoms with van der Waals surface area (Å²) in [6.07, 6.45) is 0. The number of carbonyl (C=O) groups is 1. The SMILES string of the molecule is COc1cc(-c2cc(C)cc(C(C)(C)C)c2O)c(N)c(C(C)=O)c1OC. The number of Topliss-reactive ketones (excluding diaryl/α,β-unsaturated/α-hetero) is 1. The maximum Gasteiger partial charge on any atom is 0.173 e. The van der Waals surface area contributed by atoms with Gasteiger partial charge < -0.3 is 20.3 Å². The summed E-state index contributed by atoms with van der Waals surface area (Å²) < 4.78 is 10.7. The van der Waals surface area contributed by atoms with Gasteiger partial charge in [-0.25, -0.2) is 0 Å². The summed E-state index contributed by atoms with van der Waals surface area (Å²) in [5, 5.41) is 10.9. The standard InChI is InChI=1S/C21H27NO4/c1-11-8-14(19(24)15(9-11)21(3,4)5)13-10-16(25-6)20(26-7)17(12(2)23)18(13)22/h8-10,24H,22H2,1-7H3. The van der Waals surface area contributed by atoms with E-state index >= 15 is 0 Å². The Kier molecular flexibility index (Phi) is 5.21. The van der Waals surface area contributed by atoms with E-state index in [1.165, 1.54) is 21.1 Å². The Labute approximate surface area is 154 Å². The van der Waals surface area contributed by atoms with Crippen LogP contribution >= 0.6 is 0 Å². The Morgan fingerprint density at radius 1 is 1.08 bits per heavy atom. The van der Waals surface area contributed by atoms with Gasteiger partial charge in [0.05, 0.1) is 25.5 Å². The topological polar surface area (TPSA) is 81.8 Å². The molecule has 0 saturated heterocycles. The molecule has 0 bridgehead atoms. The number of aromatic hydroxyl groups is 1. The number of aryl methyl sites for hydroxylation is 1. The predicted molar refractivity (Wildman–Crippen MR) is 105 cm³/mol. The van der Waals surface area contributed by atoms with Gasteiger partial charge in [0, 0.05) is 16.7 Å². The summed E-state index contributed by atoms with van der Waals surface area (Å²) in [6.45, 7) is 9.48. The maximum atomic E-state index is 12.2. The van der Waals surface area contributed by atoms with Crippen molar-refractivity contribution < 1.29 is 19.4 Å². The third-order valence-corrected chi connectivity index (χ3v) is 4.41. The lowest BCUT2D eigenvalue weighted by atomic mass is 9.82. The number of benzene rings is 2. The van der Waals surface area contributed by atoms with Gasteiger partial charge in [-0.2, -0.15) is 0 Å². The first-order valence-corrected chi connectivity index (χ1v) is 8.42. The molecule has 2 rings (SSSR count). The molecule has 0 aliphatic carbocycles. The molecule has 5 nitrogen and oxygen atoms in total. The highest BCUT2D eigenvalue weighted by Crippen LogP contribution is 2.46. The number of ether oxygens (including phenoxy) is 2. The number of methoxy groups -OCH3 is 2. The van der Waals surface area contributed by atoms with Crippen LogP contribution in [0.2, 0.25) is 0 Å². The van der Waals surface area contributed by atoms with Crippen molar-refractivity contribution in [1.29, 1.82) is 0 Å². The molecule has 0 saturated carbocycles. The van der Waals surface area contributed by atoms with Gasteiger partial charge in [0.1, 0.15) is 5.75 Å². The zero-order chi connectivity index (χ0) is 19.8. The van der Waals surface area contributed by atoms with E-state index in [0.717, 1.165) is 11.1 Å². The molecule has 2 aromatic carbocycles. The number of hydrogen-bond acceptors (Lipinski definition) is 5. The molecule has 0 radical (unpaired) electrons. The van der Waals surface area contributed by atoms with Crippen molar-refractivity contribution in [2.24, 2.45) is 0 Å². The fraction of sp³-hybridized carbons (Fsp3) is 0.381.